The molecule has 1 heterocycles. The van der Waals surface area contributed by atoms with Gasteiger partial charge >= 0.3 is 0 Å². The number of amides is 3. The molecule has 0 radical (unpaired) electrons. The van der Waals surface area contributed by atoms with Gasteiger partial charge in [-0.1, -0.05) is 37.8 Å². The Bertz CT molecular complexity index is 961. The van der Waals surface area contributed by atoms with Crippen LogP contribution >= 0.6 is 0 Å². The molecule has 1 aromatic carbocycles. The summed E-state index contributed by atoms with van der Waals surface area (Å²) in [7, 11) is 1.56. The molecule has 2 aromatic rings. The van der Waals surface area contributed by atoms with Crippen LogP contribution in [0.5, 0.6) is 5.75 Å². The number of hydrogen-bond donors (Lipinski definition) is 3. The van der Waals surface area contributed by atoms with Gasteiger partial charge in [0, 0.05) is 17.3 Å². The molecule has 9 nitrogen and oxygen atoms in total. The second kappa shape index (κ2) is 12.0. The molecule has 176 valence electrons. The molecule has 1 aliphatic rings. The van der Waals surface area contributed by atoms with E-state index in [2.05, 4.69) is 15.6 Å². The first kappa shape index (κ1) is 24.2. The number of pyridine rings is 1. The van der Waals surface area contributed by atoms with Gasteiger partial charge < -0.3 is 15.4 Å². The number of methoxy groups -OCH3 is 1. The minimum atomic E-state index is -0.538. The number of carbonyl (C=O) groups excluding carboxylic acids is 3. The highest BCUT2D eigenvalue weighted by Gasteiger charge is 2.26. The van der Waals surface area contributed by atoms with Gasteiger partial charge in [0.05, 0.1) is 32.4 Å². The maximum atomic E-state index is 12.7. The van der Waals surface area contributed by atoms with Gasteiger partial charge in [-0.25, -0.2) is 5.06 Å². The molecule has 3 N–H and O–H groups in total. The summed E-state index contributed by atoms with van der Waals surface area (Å²) in [4.78, 5) is 40.2. The van der Waals surface area contributed by atoms with Crippen molar-refractivity contribution >= 4 is 18.2 Å². The molecular weight excluding hydrogens is 424 g/mol. The first-order chi connectivity index (χ1) is 16.0. The highest BCUT2D eigenvalue weighted by atomic mass is 16.5. The Kier molecular flexibility index (Phi) is 8.77. The lowest BCUT2D eigenvalue weighted by atomic mass is 9.92. The monoisotopic (exact) mass is 454 g/mol. The van der Waals surface area contributed by atoms with Gasteiger partial charge in [-0.05, 0) is 36.1 Å². The molecule has 1 saturated carbocycles. The molecule has 0 aliphatic heterocycles. The second-order valence-electron chi connectivity index (χ2n) is 8.23. The van der Waals surface area contributed by atoms with E-state index in [-0.39, 0.29) is 25.0 Å². The number of carbonyl (C=O) groups is 3. The van der Waals surface area contributed by atoms with Crippen LogP contribution in [0.25, 0.3) is 11.1 Å². The average molecular weight is 455 g/mol. The Hall–Kier alpha value is -3.46. The number of benzene rings is 1. The number of nitrogens with one attached hydrogen (secondary N) is 2. The lowest BCUT2D eigenvalue weighted by Gasteiger charge is -2.22. The van der Waals surface area contributed by atoms with Crippen LogP contribution < -0.4 is 15.4 Å². The fraction of sp³-hybridized carbons (Fsp3) is 0.417. The SMILES string of the molecule is COc1cncc(-c2cccc(C(=O)NCNC(=O)C(CC3CCCC3)CN(O)C=O)c2)c1. The van der Waals surface area contributed by atoms with E-state index in [0.29, 0.717) is 35.1 Å². The second-order valence-corrected chi connectivity index (χ2v) is 8.23. The van der Waals surface area contributed by atoms with Gasteiger partial charge in [0.15, 0.2) is 0 Å². The van der Waals surface area contributed by atoms with Crippen LogP contribution in [-0.4, -0.2) is 53.8 Å². The molecule has 3 rings (SSSR count). The summed E-state index contributed by atoms with van der Waals surface area (Å²) in [5.74, 6) is -0.155. The molecule has 1 aliphatic carbocycles. The number of aromatic nitrogens is 1. The number of hydrogen-bond acceptors (Lipinski definition) is 6. The average Bonchev–Trinajstić information content (AvgIpc) is 3.36. The van der Waals surface area contributed by atoms with Crippen LogP contribution in [0.1, 0.15) is 42.5 Å². The standard InChI is InChI=1S/C24H30N4O5/c1-33-22-11-20(12-25-13-22)18-7-4-8-19(10-18)23(30)26-15-27-24(31)21(14-28(32)16-29)9-17-5-2-3-6-17/h4,7-8,10-13,16-17,21,32H,2-3,5-6,9,14-15H2,1H3,(H,26,30)(H,27,31). The van der Waals surface area contributed by atoms with Crippen molar-refractivity contribution in [3.63, 3.8) is 0 Å². The number of nitrogens with zero attached hydrogens (tertiary/aromatic N) is 2. The van der Waals surface area contributed by atoms with Crippen molar-refractivity contribution < 1.29 is 24.3 Å². The summed E-state index contributed by atoms with van der Waals surface area (Å²) in [6, 6.07) is 8.90. The molecule has 1 atom stereocenters. The molecule has 0 saturated heterocycles. The number of ether oxygens (including phenoxy) is 1. The minimum absolute atomic E-state index is 0.0592. The fourth-order valence-corrected chi connectivity index (χ4v) is 4.17. The normalized spacial score (nSPS) is 14.4. The predicted octanol–water partition coefficient (Wildman–Crippen LogP) is 2.60. The number of hydroxylamine groups is 2. The van der Waals surface area contributed by atoms with Crippen molar-refractivity contribution in [2.24, 2.45) is 11.8 Å². The molecule has 0 bridgehead atoms. The van der Waals surface area contributed by atoms with E-state index in [1.54, 1.807) is 37.7 Å². The lowest BCUT2D eigenvalue weighted by Crippen LogP contribution is -2.43. The number of rotatable bonds is 11. The van der Waals surface area contributed by atoms with Gasteiger partial charge in [0.25, 0.3) is 5.91 Å². The minimum Gasteiger partial charge on any atom is -0.495 e. The van der Waals surface area contributed by atoms with Crippen molar-refractivity contribution in [1.29, 1.82) is 0 Å². The summed E-state index contributed by atoms with van der Waals surface area (Å²) in [5, 5.41) is 15.5. The van der Waals surface area contributed by atoms with E-state index < -0.39 is 5.92 Å². The van der Waals surface area contributed by atoms with Crippen LogP contribution in [-0.2, 0) is 9.59 Å². The Balaban J connectivity index is 1.56. The molecular formula is C24H30N4O5. The Morgan fingerprint density at radius 3 is 2.73 bits per heavy atom. The zero-order valence-corrected chi connectivity index (χ0v) is 18.7. The van der Waals surface area contributed by atoms with Crippen molar-refractivity contribution in [1.82, 2.24) is 20.7 Å². The summed E-state index contributed by atoms with van der Waals surface area (Å²) < 4.78 is 5.20. The van der Waals surface area contributed by atoms with Gasteiger partial charge in [-0.2, -0.15) is 0 Å². The first-order valence-corrected chi connectivity index (χ1v) is 11.1. The Morgan fingerprint density at radius 2 is 2.00 bits per heavy atom. The third-order valence-electron chi connectivity index (χ3n) is 5.91. The van der Waals surface area contributed by atoms with Gasteiger partial charge in [-0.3, -0.25) is 24.6 Å². The molecule has 1 unspecified atom stereocenters. The van der Waals surface area contributed by atoms with Crippen molar-refractivity contribution in [3.8, 4) is 16.9 Å². The largest absolute Gasteiger partial charge is 0.495 e. The highest BCUT2D eigenvalue weighted by Crippen LogP contribution is 2.30. The van der Waals surface area contributed by atoms with E-state index in [9.17, 15) is 19.6 Å². The molecule has 0 spiro atoms. The molecule has 1 fully saturated rings. The molecule has 3 amide bonds. The Labute approximate surface area is 193 Å². The van der Waals surface area contributed by atoms with Crippen LogP contribution in [0.3, 0.4) is 0 Å². The van der Waals surface area contributed by atoms with Crippen molar-refractivity contribution in [3.05, 3.63) is 48.3 Å². The van der Waals surface area contributed by atoms with Crippen molar-refractivity contribution in [2.75, 3.05) is 20.3 Å². The zero-order valence-electron chi connectivity index (χ0n) is 18.7. The first-order valence-electron chi connectivity index (χ1n) is 11.1. The summed E-state index contributed by atoms with van der Waals surface area (Å²) in [6.45, 7) is -0.132. The fourth-order valence-electron chi connectivity index (χ4n) is 4.17. The third-order valence-corrected chi connectivity index (χ3v) is 5.91. The quantitative estimate of drug-likeness (QED) is 0.208. The summed E-state index contributed by atoms with van der Waals surface area (Å²) in [6.07, 6.45) is 8.55. The molecule has 9 heteroatoms. The van der Waals surface area contributed by atoms with Crippen molar-refractivity contribution in [2.45, 2.75) is 32.1 Å². The van der Waals surface area contributed by atoms with E-state index >= 15 is 0 Å². The molecule has 1 aromatic heterocycles. The van der Waals surface area contributed by atoms with E-state index in [1.807, 2.05) is 12.1 Å². The predicted molar refractivity (Wildman–Crippen MR) is 121 cm³/mol. The van der Waals surface area contributed by atoms with Crippen LogP contribution in [0.4, 0.5) is 0 Å². The topological polar surface area (TPSA) is 121 Å². The van der Waals surface area contributed by atoms with E-state index in [4.69, 9.17) is 4.74 Å². The van der Waals surface area contributed by atoms with Crippen LogP contribution in [0.15, 0.2) is 42.7 Å². The third kappa shape index (κ3) is 7.01. The smallest absolute Gasteiger partial charge is 0.252 e. The van der Waals surface area contributed by atoms with Gasteiger partial charge in [-0.15, -0.1) is 0 Å². The maximum Gasteiger partial charge on any atom is 0.252 e. The molecule has 33 heavy (non-hydrogen) atoms. The van der Waals surface area contributed by atoms with Gasteiger partial charge in [0.1, 0.15) is 5.75 Å². The maximum absolute atomic E-state index is 12.7. The summed E-state index contributed by atoms with van der Waals surface area (Å²) >= 11 is 0. The van der Waals surface area contributed by atoms with Gasteiger partial charge in [0.2, 0.25) is 12.3 Å². The Morgan fingerprint density at radius 1 is 1.21 bits per heavy atom. The lowest BCUT2D eigenvalue weighted by molar-refractivity contribution is -0.155. The summed E-state index contributed by atoms with van der Waals surface area (Å²) in [5.41, 5.74) is 2.07. The highest BCUT2D eigenvalue weighted by molar-refractivity contribution is 5.95. The van der Waals surface area contributed by atoms with E-state index in [1.165, 1.54) is 0 Å². The van der Waals surface area contributed by atoms with Crippen LogP contribution in [0, 0.1) is 11.8 Å². The van der Waals surface area contributed by atoms with E-state index in [0.717, 1.165) is 36.8 Å². The van der Waals surface area contributed by atoms with Crippen LogP contribution in [0.2, 0.25) is 0 Å². The zero-order chi connectivity index (χ0) is 23.6.